The lowest BCUT2D eigenvalue weighted by molar-refractivity contribution is -0.137. The molecule has 0 saturated carbocycles. The summed E-state index contributed by atoms with van der Waals surface area (Å²) >= 11 is 5.95. The van der Waals surface area contributed by atoms with Crippen LogP contribution in [0.15, 0.2) is 36.4 Å². The molecule has 0 fully saturated rings. The van der Waals surface area contributed by atoms with E-state index in [0.717, 1.165) is 12.1 Å². The number of hydrogen-bond acceptors (Lipinski definition) is 2. The fourth-order valence-corrected chi connectivity index (χ4v) is 3.14. The lowest BCUT2D eigenvalue weighted by Gasteiger charge is -2.25. The highest BCUT2D eigenvalue weighted by Crippen LogP contribution is 2.47. The summed E-state index contributed by atoms with van der Waals surface area (Å²) in [6.45, 7) is 1.65. The molecule has 1 amide bonds. The van der Waals surface area contributed by atoms with E-state index in [-0.39, 0.29) is 5.69 Å². The second kappa shape index (κ2) is 5.41. The van der Waals surface area contributed by atoms with E-state index in [2.05, 4.69) is 5.32 Å². The number of fused-ring (bicyclic) bond motifs is 1. The zero-order chi connectivity index (χ0) is 17.7. The fraction of sp³-hybridized carbons (Fsp3) is 0.235. The Morgan fingerprint density at radius 3 is 2.42 bits per heavy atom. The highest BCUT2D eigenvalue weighted by molar-refractivity contribution is 6.30. The van der Waals surface area contributed by atoms with E-state index in [4.69, 9.17) is 16.3 Å². The molecule has 2 aromatic rings. The van der Waals surface area contributed by atoms with E-state index >= 15 is 0 Å². The molecule has 0 aromatic heterocycles. The molecule has 1 N–H and O–H groups in total. The van der Waals surface area contributed by atoms with Crippen LogP contribution in [0, 0.1) is 0 Å². The molecule has 0 bridgehead atoms. The number of benzene rings is 2. The second-order valence-corrected chi connectivity index (χ2v) is 6.12. The first-order chi connectivity index (χ1) is 11.2. The molecular weight excluding hydrogens is 343 g/mol. The minimum Gasteiger partial charge on any atom is -0.496 e. The predicted molar refractivity (Wildman–Crippen MR) is 84.5 cm³/mol. The van der Waals surface area contributed by atoms with Gasteiger partial charge in [-0.25, -0.2) is 0 Å². The molecule has 0 aliphatic carbocycles. The molecule has 3 rings (SSSR count). The number of ether oxygens (including phenoxy) is 1. The molecule has 126 valence electrons. The van der Waals surface area contributed by atoms with Gasteiger partial charge < -0.3 is 10.1 Å². The summed E-state index contributed by atoms with van der Waals surface area (Å²) in [4.78, 5) is 12.6. The Labute approximate surface area is 141 Å². The van der Waals surface area contributed by atoms with Gasteiger partial charge in [-0.3, -0.25) is 4.79 Å². The van der Waals surface area contributed by atoms with Gasteiger partial charge in [0.15, 0.2) is 0 Å². The second-order valence-electron chi connectivity index (χ2n) is 5.68. The summed E-state index contributed by atoms with van der Waals surface area (Å²) in [5.74, 6) is -0.0228. The van der Waals surface area contributed by atoms with Crippen molar-refractivity contribution in [1.82, 2.24) is 0 Å². The SMILES string of the molecule is COc1cc(Cl)ccc1[C@]1(C)C(=O)Nc2cc(C(F)(F)F)ccc21. The van der Waals surface area contributed by atoms with E-state index < -0.39 is 23.1 Å². The van der Waals surface area contributed by atoms with Crippen molar-refractivity contribution in [2.24, 2.45) is 0 Å². The number of methoxy groups -OCH3 is 1. The molecule has 1 atom stereocenters. The van der Waals surface area contributed by atoms with Gasteiger partial charge in [-0.15, -0.1) is 0 Å². The topological polar surface area (TPSA) is 38.3 Å². The largest absolute Gasteiger partial charge is 0.496 e. The predicted octanol–water partition coefficient (Wildman–Crippen LogP) is 4.63. The van der Waals surface area contributed by atoms with Crippen LogP contribution in [0.3, 0.4) is 0 Å². The van der Waals surface area contributed by atoms with Gasteiger partial charge in [0.25, 0.3) is 0 Å². The summed E-state index contributed by atoms with van der Waals surface area (Å²) < 4.78 is 44.0. The van der Waals surface area contributed by atoms with Crippen LogP contribution in [-0.4, -0.2) is 13.0 Å². The Hall–Kier alpha value is -2.21. The van der Waals surface area contributed by atoms with Gasteiger partial charge in [0, 0.05) is 16.3 Å². The number of rotatable bonds is 2. The Bertz CT molecular complexity index is 835. The molecule has 0 spiro atoms. The van der Waals surface area contributed by atoms with Crippen LogP contribution in [0.1, 0.15) is 23.6 Å². The monoisotopic (exact) mass is 355 g/mol. The minimum atomic E-state index is -4.48. The Morgan fingerprint density at radius 1 is 1.12 bits per heavy atom. The first kappa shape index (κ1) is 16.6. The summed E-state index contributed by atoms with van der Waals surface area (Å²) in [6.07, 6.45) is -4.48. The number of hydrogen-bond donors (Lipinski definition) is 1. The van der Waals surface area contributed by atoms with E-state index in [0.29, 0.717) is 21.9 Å². The zero-order valence-electron chi connectivity index (χ0n) is 12.8. The van der Waals surface area contributed by atoms with Crippen LogP contribution in [0.2, 0.25) is 5.02 Å². The maximum Gasteiger partial charge on any atom is 0.416 e. The van der Waals surface area contributed by atoms with Gasteiger partial charge in [-0.1, -0.05) is 23.7 Å². The molecule has 24 heavy (non-hydrogen) atoms. The third-order valence-electron chi connectivity index (χ3n) is 4.29. The van der Waals surface area contributed by atoms with Crippen molar-refractivity contribution >= 4 is 23.2 Å². The standard InChI is InChI=1S/C17H13ClF3NO2/c1-16(12-6-4-10(18)8-14(12)24-2)11-5-3-9(17(19,20)21)7-13(11)22-15(16)23/h3-8H,1-2H3,(H,22,23)/t16-/m1/s1. The number of anilines is 1. The third kappa shape index (κ3) is 2.41. The molecule has 0 saturated heterocycles. The highest BCUT2D eigenvalue weighted by Gasteiger charge is 2.46. The molecule has 0 unspecified atom stereocenters. The highest BCUT2D eigenvalue weighted by atomic mass is 35.5. The van der Waals surface area contributed by atoms with Gasteiger partial charge in [-0.2, -0.15) is 13.2 Å². The number of amides is 1. The van der Waals surface area contributed by atoms with Crippen LogP contribution in [0.25, 0.3) is 0 Å². The minimum absolute atomic E-state index is 0.148. The van der Waals surface area contributed by atoms with Crippen molar-refractivity contribution in [3.8, 4) is 5.75 Å². The summed E-state index contributed by atoms with van der Waals surface area (Å²) in [5.41, 5.74) is -0.843. The average molecular weight is 356 g/mol. The summed E-state index contributed by atoms with van der Waals surface area (Å²) in [6, 6.07) is 8.07. The van der Waals surface area contributed by atoms with Crippen LogP contribution >= 0.6 is 11.6 Å². The smallest absolute Gasteiger partial charge is 0.416 e. The fourth-order valence-electron chi connectivity index (χ4n) is 2.98. The molecule has 1 aliphatic rings. The number of halogens is 4. The van der Waals surface area contributed by atoms with Crippen molar-refractivity contribution < 1.29 is 22.7 Å². The van der Waals surface area contributed by atoms with Gasteiger partial charge >= 0.3 is 6.18 Å². The molecule has 2 aromatic carbocycles. The Balaban J connectivity index is 2.19. The van der Waals surface area contributed by atoms with Gasteiger partial charge in [0.1, 0.15) is 11.2 Å². The summed E-state index contributed by atoms with van der Waals surface area (Å²) in [5, 5.41) is 2.97. The van der Waals surface area contributed by atoms with Crippen molar-refractivity contribution in [3.63, 3.8) is 0 Å². The van der Waals surface area contributed by atoms with Crippen LogP contribution in [0.5, 0.6) is 5.75 Å². The number of nitrogens with one attached hydrogen (secondary N) is 1. The Kier molecular flexibility index (Phi) is 3.75. The maximum atomic E-state index is 12.9. The molecule has 3 nitrogen and oxygen atoms in total. The lowest BCUT2D eigenvalue weighted by atomic mass is 9.76. The number of carbonyl (C=O) groups is 1. The Morgan fingerprint density at radius 2 is 1.79 bits per heavy atom. The van der Waals surface area contributed by atoms with Gasteiger partial charge in [0.2, 0.25) is 5.91 Å². The number of carbonyl (C=O) groups excluding carboxylic acids is 1. The van der Waals surface area contributed by atoms with Crippen molar-refractivity contribution in [1.29, 1.82) is 0 Å². The normalized spacial score (nSPS) is 19.8. The molecule has 1 aliphatic heterocycles. The molecule has 7 heteroatoms. The molecular formula is C17H13ClF3NO2. The van der Waals surface area contributed by atoms with E-state index in [1.807, 2.05) is 0 Å². The van der Waals surface area contributed by atoms with Crippen LogP contribution < -0.4 is 10.1 Å². The average Bonchev–Trinajstić information content (AvgIpc) is 2.77. The zero-order valence-corrected chi connectivity index (χ0v) is 13.5. The van der Waals surface area contributed by atoms with Gasteiger partial charge in [0.05, 0.1) is 12.7 Å². The maximum absolute atomic E-state index is 12.9. The quantitative estimate of drug-likeness (QED) is 0.853. The molecule has 0 radical (unpaired) electrons. The van der Waals surface area contributed by atoms with Gasteiger partial charge in [-0.05, 0) is 36.8 Å². The van der Waals surface area contributed by atoms with Crippen molar-refractivity contribution in [3.05, 3.63) is 58.1 Å². The summed E-state index contributed by atoms with van der Waals surface area (Å²) in [7, 11) is 1.44. The number of alkyl halides is 3. The molecule has 1 heterocycles. The third-order valence-corrected chi connectivity index (χ3v) is 4.53. The van der Waals surface area contributed by atoms with Crippen LogP contribution in [0.4, 0.5) is 18.9 Å². The van der Waals surface area contributed by atoms with E-state index in [9.17, 15) is 18.0 Å². The first-order valence-corrected chi connectivity index (χ1v) is 7.43. The lowest BCUT2D eigenvalue weighted by Crippen LogP contribution is -2.32. The van der Waals surface area contributed by atoms with Crippen molar-refractivity contribution in [2.45, 2.75) is 18.5 Å². The first-order valence-electron chi connectivity index (χ1n) is 7.05. The van der Waals surface area contributed by atoms with E-state index in [1.54, 1.807) is 25.1 Å². The van der Waals surface area contributed by atoms with Crippen LogP contribution in [-0.2, 0) is 16.4 Å². The van der Waals surface area contributed by atoms with Crippen molar-refractivity contribution in [2.75, 3.05) is 12.4 Å². The van der Waals surface area contributed by atoms with E-state index in [1.165, 1.54) is 13.2 Å².